The first-order valence-electron chi connectivity index (χ1n) is 5.49. The summed E-state index contributed by atoms with van der Waals surface area (Å²) in [6, 6.07) is 3.82. The number of carbonyl (C=O) groups excluding carboxylic acids is 1. The lowest BCUT2D eigenvalue weighted by Crippen LogP contribution is -2.29. The van der Waals surface area contributed by atoms with Crippen molar-refractivity contribution in [2.45, 2.75) is 18.6 Å². The second-order valence-corrected chi connectivity index (χ2v) is 4.01. The van der Waals surface area contributed by atoms with E-state index in [0.29, 0.717) is 0 Å². The molecule has 1 aromatic carbocycles. The van der Waals surface area contributed by atoms with Gasteiger partial charge in [0.05, 0.1) is 12.7 Å². The molecule has 2 N–H and O–H groups in total. The molecule has 1 amide bonds. The predicted molar refractivity (Wildman–Crippen MR) is 62.8 cm³/mol. The summed E-state index contributed by atoms with van der Waals surface area (Å²) in [6.07, 6.45) is -4.56. The lowest BCUT2D eigenvalue weighted by Gasteiger charge is -2.18. The number of hydrogen-bond acceptors (Lipinski definition) is 3. The molecule has 1 aromatic rings. The summed E-state index contributed by atoms with van der Waals surface area (Å²) in [5, 5.41) is 0.980. The first kappa shape index (κ1) is 15.5. The molecule has 0 saturated carbocycles. The van der Waals surface area contributed by atoms with Gasteiger partial charge in [0.15, 0.2) is 0 Å². The standard InChI is InChI=1S/C12H15F3N2O2/c1-17(19-2)11(18)7-10(16)8-4-3-5-9(6-8)12(13,14)15/h3-6,10H,7,16H2,1-2H3. The van der Waals surface area contributed by atoms with Crippen molar-refractivity contribution in [3.05, 3.63) is 35.4 Å². The zero-order valence-corrected chi connectivity index (χ0v) is 10.6. The molecular weight excluding hydrogens is 261 g/mol. The van der Waals surface area contributed by atoms with Crippen LogP contribution in [0.1, 0.15) is 23.6 Å². The number of hydrogen-bond donors (Lipinski definition) is 1. The van der Waals surface area contributed by atoms with Crippen LogP contribution in [0.2, 0.25) is 0 Å². The minimum absolute atomic E-state index is 0.133. The van der Waals surface area contributed by atoms with Crippen molar-refractivity contribution in [3.8, 4) is 0 Å². The summed E-state index contributed by atoms with van der Waals surface area (Å²) in [4.78, 5) is 16.2. The number of rotatable bonds is 4. The number of nitrogens with zero attached hydrogens (tertiary/aromatic N) is 1. The average molecular weight is 276 g/mol. The van der Waals surface area contributed by atoms with Crippen LogP contribution in [0.15, 0.2) is 24.3 Å². The molecule has 1 atom stereocenters. The van der Waals surface area contributed by atoms with E-state index in [4.69, 9.17) is 5.73 Å². The molecule has 1 unspecified atom stereocenters. The van der Waals surface area contributed by atoms with Crippen LogP contribution < -0.4 is 5.73 Å². The van der Waals surface area contributed by atoms with Gasteiger partial charge in [0, 0.05) is 19.5 Å². The maximum atomic E-state index is 12.5. The second-order valence-electron chi connectivity index (χ2n) is 4.01. The van der Waals surface area contributed by atoms with Crippen LogP contribution in [-0.2, 0) is 15.8 Å². The van der Waals surface area contributed by atoms with E-state index < -0.39 is 23.7 Å². The Kier molecular flexibility index (Phi) is 4.90. The van der Waals surface area contributed by atoms with Gasteiger partial charge in [-0.3, -0.25) is 9.63 Å². The lowest BCUT2D eigenvalue weighted by molar-refractivity contribution is -0.169. The molecule has 0 saturated heterocycles. The van der Waals surface area contributed by atoms with Gasteiger partial charge in [-0.25, -0.2) is 5.06 Å². The monoisotopic (exact) mass is 276 g/mol. The molecule has 0 aliphatic heterocycles. The molecule has 0 aliphatic rings. The summed E-state index contributed by atoms with van der Waals surface area (Å²) in [5.74, 6) is -0.410. The topological polar surface area (TPSA) is 55.6 Å². The van der Waals surface area contributed by atoms with Crippen LogP contribution >= 0.6 is 0 Å². The Balaban J connectivity index is 2.83. The second kappa shape index (κ2) is 6.03. The number of nitrogens with two attached hydrogens (primary N) is 1. The molecule has 0 aliphatic carbocycles. The zero-order valence-electron chi connectivity index (χ0n) is 10.6. The van der Waals surface area contributed by atoms with E-state index in [-0.39, 0.29) is 12.0 Å². The number of benzene rings is 1. The summed E-state index contributed by atoms with van der Waals surface area (Å²) in [6.45, 7) is 0. The number of halogens is 3. The van der Waals surface area contributed by atoms with Gasteiger partial charge in [-0.2, -0.15) is 13.2 Å². The Labute approximate surface area is 108 Å². The third-order valence-electron chi connectivity index (χ3n) is 2.66. The number of amides is 1. The van der Waals surface area contributed by atoms with Gasteiger partial charge in [0.25, 0.3) is 0 Å². The van der Waals surface area contributed by atoms with Crippen molar-refractivity contribution in [1.82, 2.24) is 5.06 Å². The Morgan fingerprint density at radius 2 is 2.11 bits per heavy atom. The third kappa shape index (κ3) is 4.22. The van der Waals surface area contributed by atoms with Gasteiger partial charge >= 0.3 is 6.18 Å². The van der Waals surface area contributed by atoms with E-state index in [1.54, 1.807) is 0 Å². The SMILES string of the molecule is CON(C)C(=O)CC(N)c1cccc(C(F)(F)F)c1. The van der Waals surface area contributed by atoms with Crippen molar-refractivity contribution in [1.29, 1.82) is 0 Å². The van der Waals surface area contributed by atoms with Crippen LogP contribution in [0, 0.1) is 0 Å². The van der Waals surface area contributed by atoms with E-state index in [0.717, 1.165) is 17.2 Å². The molecular formula is C12H15F3N2O2. The number of alkyl halides is 3. The molecule has 4 nitrogen and oxygen atoms in total. The van der Waals surface area contributed by atoms with Crippen LogP contribution in [0.4, 0.5) is 13.2 Å². The van der Waals surface area contributed by atoms with E-state index in [9.17, 15) is 18.0 Å². The Morgan fingerprint density at radius 3 is 2.63 bits per heavy atom. The third-order valence-corrected chi connectivity index (χ3v) is 2.66. The summed E-state index contributed by atoms with van der Waals surface area (Å²) in [7, 11) is 2.72. The summed E-state index contributed by atoms with van der Waals surface area (Å²) in [5.41, 5.74) is 5.20. The average Bonchev–Trinajstić information content (AvgIpc) is 2.36. The number of hydroxylamine groups is 2. The minimum Gasteiger partial charge on any atom is -0.324 e. The van der Waals surface area contributed by atoms with Crippen molar-refractivity contribution < 1.29 is 22.8 Å². The molecule has 7 heteroatoms. The van der Waals surface area contributed by atoms with Gasteiger partial charge in [-0.05, 0) is 17.7 Å². The van der Waals surface area contributed by atoms with Gasteiger partial charge < -0.3 is 5.73 Å². The smallest absolute Gasteiger partial charge is 0.324 e. The molecule has 0 aromatic heterocycles. The Bertz CT molecular complexity index is 449. The molecule has 0 spiro atoms. The van der Waals surface area contributed by atoms with Crippen molar-refractivity contribution >= 4 is 5.91 Å². The maximum Gasteiger partial charge on any atom is 0.416 e. The molecule has 1 rings (SSSR count). The molecule has 106 valence electrons. The highest BCUT2D eigenvalue weighted by Gasteiger charge is 2.30. The van der Waals surface area contributed by atoms with E-state index in [2.05, 4.69) is 4.84 Å². The zero-order chi connectivity index (χ0) is 14.6. The molecule has 0 heterocycles. The van der Waals surface area contributed by atoms with Gasteiger partial charge in [-0.15, -0.1) is 0 Å². The number of carbonyl (C=O) groups is 1. The van der Waals surface area contributed by atoms with Crippen LogP contribution in [0.5, 0.6) is 0 Å². The molecule has 0 bridgehead atoms. The summed E-state index contributed by atoms with van der Waals surface area (Å²) < 4.78 is 37.6. The predicted octanol–water partition coefficient (Wildman–Crippen LogP) is 2.12. The van der Waals surface area contributed by atoms with E-state index in [1.165, 1.54) is 26.3 Å². The highest BCUT2D eigenvalue weighted by atomic mass is 19.4. The highest BCUT2D eigenvalue weighted by molar-refractivity contribution is 5.75. The Hall–Kier alpha value is -1.60. The fourth-order valence-corrected chi connectivity index (χ4v) is 1.48. The highest BCUT2D eigenvalue weighted by Crippen LogP contribution is 2.30. The molecule has 0 radical (unpaired) electrons. The first-order chi connectivity index (χ1) is 8.75. The lowest BCUT2D eigenvalue weighted by atomic mass is 10.0. The van der Waals surface area contributed by atoms with Crippen LogP contribution in [0.3, 0.4) is 0 Å². The van der Waals surface area contributed by atoms with Gasteiger partial charge in [-0.1, -0.05) is 12.1 Å². The first-order valence-corrected chi connectivity index (χ1v) is 5.49. The molecule has 19 heavy (non-hydrogen) atoms. The quantitative estimate of drug-likeness (QED) is 0.857. The fourth-order valence-electron chi connectivity index (χ4n) is 1.48. The van der Waals surface area contributed by atoms with Crippen molar-refractivity contribution in [3.63, 3.8) is 0 Å². The maximum absolute atomic E-state index is 12.5. The van der Waals surface area contributed by atoms with Crippen LogP contribution in [0.25, 0.3) is 0 Å². The van der Waals surface area contributed by atoms with Crippen molar-refractivity contribution in [2.24, 2.45) is 5.73 Å². The van der Waals surface area contributed by atoms with E-state index >= 15 is 0 Å². The Morgan fingerprint density at radius 1 is 1.47 bits per heavy atom. The van der Waals surface area contributed by atoms with E-state index in [1.807, 2.05) is 0 Å². The van der Waals surface area contributed by atoms with Gasteiger partial charge in [0.2, 0.25) is 5.91 Å². The van der Waals surface area contributed by atoms with Crippen molar-refractivity contribution in [2.75, 3.05) is 14.2 Å². The van der Waals surface area contributed by atoms with Gasteiger partial charge in [0.1, 0.15) is 0 Å². The minimum atomic E-state index is -4.43. The largest absolute Gasteiger partial charge is 0.416 e. The summed E-state index contributed by atoms with van der Waals surface area (Å²) >= 11 is 0. The van der Waals surface area contributed by atoms with Crippen LogP contribution in [-0.4, -0.2) is 25.1 Å². The molecule has 0 fully saturated rings. The fraction of sp³-hybridized carbons (Fsp3) is 0.417. The normalized spacial score (nSPS) is 13.2.